The lowest BCUT2D eigenvalue weighted by atomic mass is 10.1. The third-order valence-electron chi connectivity index (χ3n) is 3.61. The zero-order valence-electron chi connectivity index (χ0n) is 14.6. The van der Waals surface area contributed by atoms with E-state index >= 15 is 0 Å². The van der Waals surface area contributed by atoms with Gasteiger partial charge in [-0.1, -0.05) is 39.0 Å². The van der Waals surface area contributed by atoms with Crippen LogP contribution in [0.3, 0.4) is 0 Å². The molecule has 0 N–H and O–H groups in total. The van der Waals surface area contributed by atoms with Gasteiger partial charge in [-0.3, -0.25) is 4.79 Å². The summed E-state index contributed by atoms with van der Waals surface area (Å²) in [5.74, 6) is -0.234. The highest BCUT2D eigenvalue weighted by atomic mass is 35.5. The van der Waals surface area contributed by atoms with Gasteiger partial charge in [-0.15, -0.1) is 11.6 Å². The molecule has 0 bridgehead atoms. The minimum Gasteiger partial charge on any atom is -0.491 e. The number of alkyl halides is 1. The monoisotopic (exact) mass is 364 g/mol. The van der Waals surface area contributed by atoms with E-state index in [0.29, 0.717) is 12.4 Å². The fourth-order valence-corrected chi connectivity index (χ4v) is 2.21. The summed E-state index contributed by atoms with van der Waals surface area (Å²) in [4.78, 5) is 11.9. The van der Waals surface area contributed by atoms with Crippen LogP contribution in [0.2, 0.25) is 0 Å². The molecule has 5 heteroatoms. The number of carbonyl (C=O) groups excluding carboxylic acids is 1. The van der Waals surface area contributed by atoms with Gasteiger partial charge in [0, 0.05) is 0 Å². The van der Waals surface area contributed by atoms with Crippen molar-refractivity contribution in [1.29, 1.82) is 0 Å². The highest BCUT2D eigenvalue weighted by Gasteiger charge is 2.21. The van der Waals surface area contributed by atoms with Crippen molar-refractivity contribution in [2.45, 2.75) is 32.6 Å². The van der Waals surface area contributed by atoms with Crippen LogP contribution in [0.4, 0.5) is 4.39 Å². The molecule has 1 atom stereocenters. The van der Waals surface area contributed by atoms with Crippen LogP contribution in [0, 0.1) is 11.7 Å². The minimum atomic E-state index is -0.690. The van der Waals surface area contributed by atoms with Crippen LogP contribution in [0.15, 0.2) is 42.5 Å². The molecule has 0 radical (unpaired) electrons. The van der Waals surface area contributed by atoms with Crippen molar-refractivity contribution in [1.82, 2.24) is 0 Å². The van der Waals surface area contributed by atoms with E-state index in [1.807, 2.05) is 20.8 Å². The first kappa shape index (κ1) is 19.3. The van der Waals surface area contributed by atoms with Gasteiger partial charge in [-0.05, 0) is 47.7 Å². The Hall–Kier alpha value is -2.07. The molecule has 0 aliphatic rings. The average molecular weight is 365 g/mol. The van der Waals surface area contributed by atoms with E-state index in [-0.39, 0.29) is 11.7 Å². The number of esters is 1. The Morgan fingerprint density at radius 1 is 1.12 bits per heavy atom. The molecule has 0 aliphatic heterocycles. The maximum absolute atomic E-state index is 14.1. The lowest BCUT2D eigenvalue weighted by molar-refractivity contribution is -0.134. The lowest BCUT2D eigenvalue weighted by Crippen LogP contribution is -2.25. The fourth-order valence-electron chi connectivity index (χ4n) is 2.17. The second kappa shape index (κ2) is 8.86. The summed E-state index contributed by atoms with van der Waals surface area (Å²) in [5.41, 5.74) is 1.53. The molecule has 25 heavy (non-hydrogen) atoms. The first-order valence-corrected chi connectivity index (χ1v) is 8.74. The number of hydrogen-bond acceptors (Lipinski definition) is 3. The molecule has 3 nitrogen and oxygen atoms in total. The predicted octanol–water partition coefficient (Wildman–Crippen LogP) is 5.45. The maximum Gasteiger partial charge on any atom is 0.329 e. The van der Waals surface area contributed by atoms with E-state index in [4.69, 9.17) is 21.1 Å². The second-order valence-corrected chi connectivity index (χ2v) is 6.56. The molecule has 134 valence electrons. The first-order chi connectivity index (χ1) is 11.9. The smallest absolute Gasteiger partial charge is 0.329 e. The normalized spacial score (nSPS) is 12.1. The van der Waals surface area contributed by atoms with Crippen LogP contribution >= 0.6 is 11.6 Å². The molecule has 2 rings (SSSR count). The van der Waals surface area contributed by atoms with Crippen molar-refractivity contribution < 1.29 is 18.7 Å². The molecule has 2 aromatic carbocycles. The molecular weight excluding hydrogens is 343 g/mol. The number of ether oxygens (including phenoxy) is 2. The van der Waals surface area contributed by atoms with Crippen molar-refractivity contribution in [2.24, 2.45) is 5.92 Å². The van der Waals surface area contributed by atoms with Crippen molar-refractivity contribution in [3.05, 3.63) is 48.3 Å². The Balaban J connectivity index is 2.09. The zero-order valence-corrected chi connectivity index (χ0v) is 15.3. The van der Waals surface area contributed by atoms with Gasteiger partial charge in [-0.2, -0.15) is 0 Å². The Morgan fingerprint density at radius 2 is 1.76 bits per heavy atom. The van der Waals surface area contributed by atoms with Gasteiger partial charge in [0.2, 0.25) is 0 Å². The standard InChI is InChI=1S/C20H22ClFO3/c1-4-11-24-18-10-7-15(12-17(18)22)14-5-8-16(9-6-14)25-20(23)19(21)13(2)3/h5-10,12-13,19H,4,11H2,1-3H3. The number of carbonyl (C=O) groups is 1. The number of hydrogen-bond donors (Lipinski definition) is 0. The van der Waals surface area contributed by atoms with Gasteiger partial charge in [-0.25, -0.2) is 4.39 Å². The van der Waals surface area contributed by atoms with Gasteiger partial charge in [0.05, 0.1) is 6.61 Å². The maximum atomic E-state index is 14.1. The SMILES string of the molecule is CCCOc1ccc(-c2ccc(OC(=O)C(Cl)C(C)C)cc2)cc1F. The zero-order chi connectivity index (χ0) is 18.4. The average Bonchev–Trinajstić information content (AvgIpc) is 2.60. The highest BCUT2D eigenvalue weighted by molar-refractivity contribution is 6.30. The van der Waals surface area contributed by atoms with Gasteiger partial charge in [0.15, 0.2) is 11.6 Å². The molecule has 0 aromatic heterocycles. The Kier molecular flexibility index (Phi) is 6.82. The quantitative estimate of drug-likeness (QED) is 0.372. The third-order valence-corrected chi connectivity index (χ3v) is 4.29. The van der Waals surface area contributed by atoms with Crippen LogP contribution in [0.1, 0.15) is 27.2 Å². The van der Waals surface area contributed by atoms with Crippen molar-refractivity contribution in [2.75, 3.05) is 6.61 Å². The molecule has 0 fully saturated rings. The topological polar surface area (TPSA) is 35.5 Å². The Morgan fingerprint density at radius 3 is 2.32 bits per heavy atom. The molecule has 0 saturated heterocycles. The van der Waals surface area contributed by atoms with Crippen molar-refractivity contribution in [3.63, 3.8) is 0 Å². The minimum absolute atomic E-state index is 0.00939. The molecule has 0 heterocycles. The van der Waals surface area contributed by atoms with Crippen LogP contribution in [0.25, 0.3) is 11.1 Å². The van der Waals surface area contributed by atoms with Crippen LogP contribution in [-0.2, 0) is 4.79 Å². The van der Waals surface area contributed by atoms with E-state index in [1.165, 1.54) is 6.07 Å². The number of benzene rings is 2. The van der Waals surface area contributed by atoms with Gasteiger partial charge >= 0.3 is 5.97 Å². The second-order valence-electron chi connectivity index (χ2n) is 6.08. The molecule has 1 unspecified atom stereocenters. The van der Waals surface area contributed by atoms with Gasteiger partial charge < -0.3 is 9.47 Å². The van der Waals surface area contributed by atoms with E-state index < -0.39 is 17.2 Å². The van der Waals surface area contributed by atoms with Crippen molar-refractivity contribution >= 4 is 17.6 Å². The molecule has 2 aromatic rings. The lowest BCUT2D eigenvalue weighted by Gasteiger charge is -2.12. The first-order valence-electron chi connectivity index (χ1n) is 8.31. The van der Waals surface area contributed by atoms with E-state index in [1.54, 1.807) is 36.4 Å². The fraction of sp³-hybridized carbons (Fsp3) is 0.350. The summed E-state index contributed by atoms with van der Waals surface area (Å²) in [6.07, 6.45) is 0.821. The molecular formula is C20H22ClFO3. The number of halogens is 2. The summed E-state index contributed by atoms with van der Waals surface area (Å²) in [7, 11) is 0. The summed E-state index contributed by atoms with van der Waals surface area (Å²) in [5, 5.41) is -0.690. The largest absolute Gasteiger partial charge is 0.491 e. The molecule has 0 aliphatic carbocycles. The number of rotatable bonds is 7. The Bertz CT molecular complexity index is 713. The predicted molar refractivity (Wildman–Crippen MR) is 97.7 cm³/mol. The van der Waals surface area contributed by atoms with E-state index in [2.05, 4.69) is 0 Å². The summed E-state index contributed by atoms with van der Waals surface area (Å²) in [6, 6.07) is 11.7. The third kappa shape index (κ3) is 5.20. The van der Waals surface area contributed by atoms with Crippen molar-refractivity contribution in [3.8, 4) is 22.6 Å². The van der Waals surface area contributed by atoms with Crippen LogP contribution in [0.5, 0.6) is 11.5 Å². The summed E-state index contributed by atoms with van der Waals surface area (Å²) >= 11 is 5.98. The summed E-state index contributed by atoms with van der Waals surface area (Å²) in [6.45, 7) is 6.15. The van der Waals surface area contributed by atoms with Crippen LogP contribution in [-0.4, -0.2) is 18.0 Å². The Labute approximate surface area is 152 Å². The highest BCUT2D eigenvalue weighted by Crippen LogP contribution is 2.27. The van der Waals surface area contributed by atoms with Gasteiger partial charge in [0.1, 0.15) is 11.1 Å². The van der Waals surface area contributed by atoms with E-state index in [0.717, 1.165) is 17.5 Å². The molecule has 0 amide bonds. The molecule has 0 saturated carbocycles. The van der Waals surface area contributed by atoms with Gasteiger partial charge in [0.25, 0.3) is 0 Å². The molecule has 0 spiro atoms. The van der Waals surface area contributed by atoms with E-state index in [9.17, 15) is 9.18 Å². The summed E-state index contributed by atoms with van der Waals surface area (Å²) < 4.78 is 24.7. The van der Waals surface area contributed by atoms with Crippen LogP contribution < -0.4 is 9.47 Å².